The molecule has 0 aliphatic carbocycles. The van der Waals surface area contributed by atoms with Gasteiger partial charge < -0.3 is 11.1 Å². The van der Waals surface area contributed by atoms with Gasteiger partial charge in [0.1, 0.15) is 4.99 Å². The van der Waals surface area contributed by atoms with Crippen LogP contribution in [0.5, 0.6) is 0 Å². The SMILES string of the molecule is CC(C)C(=N)C(N)=S. The molecule has 0 saturated heterocycles. The van der Waals surface area contributed by atoms with Crippen molar-refractivity contribution in [2.75, 3.05) is 0 Å². The molecule has 0 aliphatic heterocycles. The lowest BCUT2D eigenvalue weighted by Gasteiger charge is -2.02. The topological polar surface area (TPSA) is 49.9 Å². The standard InChI is InChI=1S/C5H10N2S/c1-3(2)4(6)5(7)8/h3,6H,1-2H3,(H2,7,8). The minimum absolute atomic E-state index is 0.160. The van der Waals surface area contributed by atoms with Crippen molar-refractivity contribution in [2.24, 2.45) is 11.7 Å². The third-order valence-corrected chi connectivity index (χ3v) is 1.06. The molecule has 0 radical (unpaired) electrons. The van der Waals surface area contributed by atoms with Gasteiger partial charge in [0.25, 0.3) is 0 Å². The first-order valence-corrected chi connectivity index (χ1v) is 2.84. The molecule has 0 rings (SSSR count). The van der Waals surface area contributed by atoms with Crippen LogP contribution in [0.1, 0.15) is 13.8 Å². The molecule has 0 saturated carbocycles. The summed E-state index contributed by atoms with van der Waals surface area (Å²) in [6.45, 7) is 3.78. The van der Waals surface area contributed by atoms with E-state index in [1.54, 1.807) is 0 Å². The Morgan fingerprint density at radius 3 is 2.00 bits per heavy atom. The Morgan fingerprint density at radius 1 is 1.62 bits per heavy atom. The quantitative estimate of drug-likeness (QED) is 0.432. The van der Waals surface area contributed by atoms with Crippen molar-refractivity contribution >= 4 is 22.9 Å². The first-order valence-electron chi connectivity index (χ1n) is 2.44. The number of rotatable bonds is 2. The van der Waals surface area contributed by atoms with Crippen LogP contribution >= 0.6 is 12.2 Å². The van der Waals surface area contributed by atoms with Gasteiger partial charge in [-0.3, -0.25) is 0 Å². The number of nitrogens with two attached hydrogens (primary N) is 1. The minimum atomic E-state index is 0.160. The van der Waals surface area contributed by atoms with Gasteiger partial charge in [0.2, 0.25) is 0 Å². The molecule has 2 nitrogen and oxygen atoms in total. The maximum Gasteiger partial charge on any atom is 0.117 e. The molecular formula is C5H10N2S. The van der Waals surface area contributed by atoms with Crippen LogP contribution in [-0.4, -0.2) is 10.7 Å². The van der Waals surface area contributed by atoms with E-state index in [2.05, 4.69) is 12.2 Å². The fraction of sp³-hybridized carbons (Fsp3) is 0.600. The highest BCUT2D eigenvalue weighted by Gasteiger charge is 2.03. The van der Waals surface area contributed by atoms with Gasteiger partial charge >= 0.3 is 0 Å². The summed E-state index contributed by atoms with van der Waals surface area (Å²) in [6.07, 6.45) is 0. The van der Waals surface area contributed by atoms with Crippen molar-refractivity contribution < 1.29 is 0 Å². The van der Waals surface area contributed by atoms with Crippen molar-refractivity contribution in [3.05, 3.63) is 0 Å². The Labute approximate surface area is 54.6 Å². The van der Waals surface area contributed by atoms with Crippen LogP contribution in [0.4, 0.5) is 0 Å². The van der Waals surface area contributed by atoms with Crippen LogP contribution in [0, 0.1) is 11.3 Å². The molecule has 0 unspecified atom stereocenters. The van der Waals surface area contributed by atoms with E-state index < -0.39 is 0 Å². The van der Waals surface area contributed by atoms with Crippen molar-refractivity contribution in [1.29, 1.82) is 5.41 Å². The molecule has 0 aromatic rings. The average molecular weight is 130 g/mol. The lowest BCUT2D eigenvalue weighted by molar-refractivity contribution is 0.888. The Morgan fingerprint density at radius 2 is 2.00 bits per heavy atom. The third-order valence-electron chi connectivity index (χ3n) is 0.843. The van der Waals surface area contributed by atoms with E-state index in [0.717, 1.165) is 0 Å². The van der Waals surface area contributed by atoms with Crippen molar-refractivity contribution in [1.82, 2.24) is 0 Å². The highest BCUT2D eigenvalue weighted by molar-refractivity contribution is 7.82. The van der Waals surface area contributed by atoms with Crippen molar-refractivity contribution in [2.45, 2.75) is 13.8 Å². The van der Waals surface area contributed by atoms with Crippen LogP contribution in [0.2, 0.25) is 0 Å². The smallest absolute Gasteiger partial charge is 0.117 e. The summed E-state index contributed by atoms with van der Waals surface area (Å²) in [5.41, 5.74) is 5.50. The molecule has 0 spiro atoms. The summed E-state index contributed by atoms with van der Waals surface area (Å²) in [5.74, 6) is 0.160. The van der Waals surface area contributed by atoms with Gasteiger partial charge in [0.05, 0.1) is 5.71 Å². The summed E-state index contributed by atoms with van der Waals surface area (Å²) < 4.78 is 0. The summed E-state index contributed by atoms with van der Waals surface area (Å²) >= 11 is 4.55. The fourth-order valence-corrected chi connectivity index (χ4v) is 0.520. The largest absolute Gasteiger partial charge is 0.388 e. The monoisotopic (exact) mass is 130 g/mol. The van der Waals surface area contributed by atoms with E-state index in [9.17, 15) is 0 Å². The molecule has 0 amide bonds. The second-order valence-electron chi connectivity index (χ2n) is 1.93. The van der Waals surface area contributed by atoms with E-state index in [0.29, 0.717) is 5.71 Å². The predicted octanol–water partition coefficient (Wildman–Crippen LogP) is 0.948. The molecular weight excluding hydrogens is 120 g/mol. The first kappa shape index (κ1) is 7.56. The maximum absolute atomic E-state index is 7.13. The highest BCUT2D eigenvalue weighted by atomic mass is 32.1. The molecule has 46 valence electrons. The predicted molar refractivity (Wildman–Crippen MR) is 39.4 cm³/mol. The Balaban J connectivity index is 3.84. The summed E-state index contributed by atoms with van der Waals surface area (Å²) in [4.78, 5) is 0.208. The molecule has 0 aromatic heterocycles. The maximum atomic E-state index is 7.13. The second-order valence-corrected chi connectivity index (χ2v) is 2.37. The van der Waals surface area contributed by atoms with Crippen LogP contribution in [0.25, 0.3) is 0 Å². The van der Waals surface area contributed by atoms with Gasteiger partial charge in [-0.15, -0.1) is 0 Å². The number of hydrogen-bond donors (Lipinski definition) is 2. The van der Waals surface area contributed by atoms with Gasteiger partial charge in [0, 0.05) is 0 Å². The molecule has 3 N–H and O–H groups in total. The van der Waals surface area contributed by atoms with Crippen LogP contribution in [0.15, 0.2) is 0 Å². The zero-order valence-electron chi connectivity index (χ0n) is 5.06. The molecule has 0 fully saturated rings. The number of nitrogens with one attached hydrogen (secondary N) is 1. The molecule has 0 aromatic carbocycles. The lowest BCUT2D eigenvalue weighted by Crippen LogP contribution is -2.24. The van der Waals surface area contributed by atoms with E-state index >= 15 is 0 Å². The molecule has 0 bridgehead atoms. The van der Waals surface area contributed by atoms with Crippen LogP contribution in [0.3, 0.4) is 0 Å². The zero-order valence-corrected chi connectivity index (χ0v) is 5.88. The average Bonchev–Trinajstić information content (AvgIpc) is 1.64. The Bertz CT molecular complexity index is 118. The summed E-state index contributed by atoms with van der Waals surface area (Å²) in [6, 6.07) is 0. The van der Waals surface area contributed by atoms with Gasteiger partial charge in [-0.2, -0.15) is 0 Å². The molecule has 0 heterocycles. The number of thiocarbonyl (C=S) groups is 1. The normalized spacial score (nSPS) is 9.38. The van der Waals surface area contributed by atoms with E-state index in [4.69, 9.17) is 11.1 Å². The Hall–Kier alpha value is -0.440. The van der Waals surface area contributed by atoms with E-state index in [1.165, 1.54) is 0 Å². The summed E-state index contributed by atoms with van der Waals surface area (Å²) in [7, 11) is 0. The summed E-state index contributed by atoms with van der Waals surface area (Å²) in [5, 5.41) is 7.13. The fourth-order valence-electron chi connectivity index (χ4n) is 0.285. The molecule has 8 heavy (non-hydrogen) atoms. The zero-order chi connectivity index (χ0) is 6.73. The molecule has 3 heteroatoms. The van der Waals surface area contributed by atoms with Gasteiger partial charge in [-0.05, 0) is 5.92 Å². The van der Waals surface area contributed by atoms with Gasteiger partial charge in [-0.25, -0.2) is 0 Å². The van der Waals surface area contributed by atoms with Crippen LogP contribution in [-0.2, 0) is 0 Å². The van der Waals surface area contributed by atoms with Crippen LogP contribution < -0.4 is 5.73 Å². The third kappa shape index (κ3) is 2.02. The van der Waals surface area contributed by atoms with Crippen molar-refractivity contribution in [3.8, 4) is 0 Å². The number of hydrogen-bond acceptors (Lipinski definition) is 2. The highest BCUT2D eigenvalue weighted by Crippen LogP contribution is 1.93. The molecule has 0 atom stereocenters. The second kappa shape index (κ2) is 2.77. The van der Waals surface area contributed by atoms with E-state index in [1.807, 2.05) is 13.8 Å². The minimum Gasteiger partial charge on any atom is -0.388 e. The molecule has 0 aliphatic rings. The van der Waals surface area contributed by atoms with E-state index in [-0.39, 0.29) is 10.9 Å². The van der Waals surface area contributed by atoms with Crippen molar-refractivity contribution in [3.63, 3.8) is 0 Å². The lowest BCUT2D eigenvalue weighted by atomic mass is 10.1. The first-order chi connectivity index (χ1) is 3.55. The Kier molecular flexibility index (Phi) is 2.62. The van der Waals surface area contributed by atoms with Gasteiger partial charge in [0.15, 0.2) is 0 Å². The van der Waals surface area contributed by atoms with Gasteiger partial charge in [-0.1, -0.05) is 26.1 Å².